The molecule has 1 aliphatic carbocycles. The van der Waals surface area contributed by atoms with Crippen molar-refractivity contribution in [2.24, 2.45) is 0 Å². The van der Waals surface area contributed by atoms with Crippen LogP contribution >= 0.6 is 23.2 Å². The van der Waals surface area contributed by atoms with E-state index in [4.69, 9.17) is 27.9 Å². The lowest BCUT2D eigenvalue weighted by atomic mass is 9.89. The number of halogens is 2. The molecule has 0 spiro atoms. The van der Waals surface area contributed by atoms with E-state index in [0.29, 0.717) is 23.9 Å². The highest BCUT2D eigenvalue weighted by molar-refractivity contribution is 6.22. The first-order chi connectivity index (χ1) is 7.69. The molecule has 0 amide bonds. The van der Waals surface area contributed by atoms with E-state index < -0.39 is 0 Å². The van der Waals surface area contributed by atoms with Crippen LogP contribution < -0.4 is 5.32 Å². The number of ether oxygens (including phenoxy) is 1. The van der Waals surface area contributed by atoms with Crippen molar-refractivity contribution >= 4 is 23.2 Å². The van der Waals surface area contributed by atoms with E-state index >= 15 is 0 Å². The van der Waals surface area contributed by atoms with Crippen molar-refractivity contribution in [2.75, 3.05) is 18.9 Å². The third-order valence-corrected chi connectivity index (χ3v) is 4.68. The zero-order valence-electron chi connectivity index (χ0n) is 10.3. The number of methoxy groups -OCH3 is 1. The first-order valence-electron chi connectivity index (χ1n) is 6.12. The second-order valence-electron chi connectivity index (χ2n) is 4.77. The van der Waals surface area contributed by atoms with Crippen molar-refractivity contribution < 1.29 is 4.74 Å². The van der Waals surface area contributed by atoms with Gasteiger partial charge in [-0.25, -0.2) is 0 Å². The lowest BCUT2D eigenvalue weighted by Gasteiger charge is -2.38. The van der Waals surface area contributed by atoms with E-state index in [1.54, 1.807) is 7.11 Å². The Labute approximate surface area is 109 Å². The summed E-state index contributed by atoms with van der Waals surface area (Å²) in [5.41, 5.74) is -0.108. The summed E-state index contributed by atoms with van der Waals surface area (Å²) in [5.74, 6) is 1.14. The summed E-state index contributed by atoms with van der Waals surface area (Å²) in [7, 11) is 1.79. The lowest BCUT2D eigenvalue weighted by molar-refractivity contribution is 0.0540. The maximum atomic E-state index is 6.04. The van der Waals surface area contributed by atoms with Crippen molar-refractivity contribution in [1.82, 2.24) is 5.32 Å². The topological polar surface area (TPSA) is 21.3 Å². The zero-order chi connectivity index (χ0) is 12.0. The average Bonchev–Trinajstić information content (AvgIpc) is 2.36. The van der Waals surface area contributed by atoms with Gasteiger partial charge in [-0.3, -0.25) is 0 Å². The summed E-state index contributed by atoms with van der Waals surface area (Å²) < 4.78 is 5.43. The van der Waals surface area contributed by atoms with Gasteiger partial charge in [0.15, 0.2) is 0 Å². The summed E-state index contributed by atoms with van der Waals surface area (Å²) in [5, 5.41) is 3.64. The molecule has 1 N–H and O–H groups in total. The average molecular weight is 268 g/mol. The van der Waals surface area contributed by atoms with Crippen LogP contribution in [-0.2, 0) is 4.74 Å². The molecule has 1 rings (SSSR count). The molecule has 4 heteroatoms. The fourth-order valence-electron chi connectivity index (χ4n) is 2.33. The first-order valence-corrected chi connectivity index (χ1v) is 7.19. The van der Waals surface area contributed by atoms with Gasteiger partial charge in [0.05, 0.1) is 6.10 Å². The van der Waals surface area contributed by atoms with E-state index in [9.17, 15) is 0 Å². The van der Waals surface area contributed by atoms with Crippen LogP contribution in [0.15, 0.2) is 0 Å². The van der Waals surface area contributed by atoms with Gasteiger partial charge in [0.2, 0.25) is 0 Å². The molecule has 16 heavy (non-hydrogen) atoms. The molecule has 96 valence electrons. The summed E-state index contributed by atoms with van der Waals surface area (Å²) in [6.45, 7) is 2.13. The molecule has 0 aliphatic heterocycles. The number of rotatable bonds is 6. The third-order valence-electron chi connectivity index (χ3n) is 3.66. The maximum Gasteiger partial charge on any atom is 0.0586 e. The molecule has 1 saturated carbocycles. The van der Waals surface area contributed by atoms with Crippen molar-refractivity contribution in [3.8, 4) is 0 Å². The molecule has 0 aromatic carbocycles. The SMILES string of the molecule is CCC(CCl)(CCl)NC1CCCC(OC)C1. The minimum absolute atomic E-state index is 0.108. The third kappa shape index (κ3) is 3.76. The molecule has 2 unspecified atom stereocenters. The second-order valence-corrected chi connectivity index (χ2v) is 5.30. The van der Waals surface area contributed by atoms with E-state index in [2.05, 4.69) is 12.2 Å². The Morgan fingerprint density at radius 1 is 1.31 bits per heavy atom. The molecule has 0 saturated heterocycles. The largest absolute Gasteiger partial charge is 0.381 e. The zero-order valence-corrected chi connectivity index (χ0v) is 11.8. The highest BCUT2D eigenvalue weighted by Crippen LogP contribution is 2.24. The van der Waals surface area contributed by atoms with Gasteiger partial charge in [-0.1, -0.05) is 6.92 Å². The van der Waals surface area contributed by atoms with Crippen molar-refractivity contribution in [2.45, 2.75) is 56.7 Å². The summed E-state index contributed by atoms with van der Waals surface area (Å²) >= 11 is 12.1. The Hall–Kier alpha value is 0.500. The van der Waals surface area contributed by atoms with Gasteiger partial charge >= 0.3 is 0 Å². The quantitative estimate of drug-likeness (QED) is 0.747. The predicted molar refractivity (Wildman–Crippen MR) is 70.7 cm³/mol. The molecular formula is C12H23Cl2NO. The lowest BCUT2D eigenvalue weighted by Crippen LogP contribution is -2.54. The van der Waals surface area contributed by atoms with E-state index in [1.165, 1.54) is 19.3 Å². The minimum Gasteiger partial charge on any atom is -0.381 e. The minimum atomic E-state index is -0.108. The van der Waals surface area contributed by atoms with Gasteiger partial charge in [0.1, 0.15) is 0 Å². The Balaban J connectivity index is 2.50. The fourth-order valence-corrected chi connectivity index (χ4v) is 3.15. The predicted octanol–water partition coefficient (Wildman–Crippen LogP) is 3.16. The number of alkyl halides is 2. The Kier molecular flexibility index (Phi) is 6.42. The molecule has 0 heterocycles. The fraction of sp³-hybridized carbons (Fsp3) is 1.00. The van der Waals surface area contributed by atoms with Crippen LogP contribution in [0.1, 0.15) is 39.0 Å². The molecule has 0 radical (unpaired) electrons. The normalized spacial score (nSPS) is 27.0. The Morgan fingerprint density at radius 3 is 2.50 bits per heavy atom. The van der Waals surface area contributed by atoms with Crippen LogP contribution in [0, 0.1) is 0 Å². The Morgan fingerprint density at radius 2 is 2.00 bits per heavy atom. The van der Waals surface area contributed by atoms with Crippen LogP contribution in [0.4, 0.5) is 0 Å². The standard InChI is InChI=1S/C12H23Cl2NO/c1-3-12(8-13,9-14)15-10-5-4-6-11(7-10)16-2/h10-11,15H,3-9H2,1-2H3. The van der Waals surface area contributed by atoms with Gasteiger partial charge < -0.3 is 10.1 Å². The van der Waals surface area contributed by atoms with Gasteiger partial charge in [-0.15, -0.1) is 23.2 Å². The molecule has 1 fully saturated rings. The van der Waals surface area contributed by atoms with Crippen LogP contribution in [0.5, 0.6) is 0 Å². The molecule has 0 aromatic heterocycles. The van der Waals surface area contributed by atoms with Crippen molar-refractivity contribution in [1.29, 1.82) is 0 Å². The van der Waals surface area contributed by atoms with E-state index in [1.807, 2.05) is 0 Å². The van der Waals surface area contributed by atoms with Crippen LogP contribution in [0.3, 0.4) is 0 Å². The highest BCUT2D eigenvalue weighted by Gasteiger charge is 2.31. The maximum absolute atomic E-state index is 6.04. The highest BCUT2D eigenvalue weighted by atomic mass is 35.5. The Bertz CT molecular complexity index is 189. The number of hydrogen-bond donors (Lipinski definition) is 1. The molecular weight excluding hydrogens is 245 g/mol. The summed E-state index contributed by atoms with van der Waals surface area (Å²) in [4.78, 5) is 0. The van der Waals surface area contributed by atoms with Crippen LogP contribution in [0.25, 0.3) is 0 Å². The number of nitrogens with one attached hydrogen (secondary N) is 1. The van der Waals surface area contributed by atoms with Gasteiger partial charge in [0.25, 0.3) is 0 Å². The summed E-state index contributed by atoms with van der Waals surface area (Å²) in [6.07, 6.45) is 6.04. The van der Waals surface area contributed by atoms with Crippen molar-refractivity contribution in [3.63, 3.8) is 0 Å². The first kappa shape index (κ1) is 14.6. The van der Waals surface area contributed by atoms with Crippen LogP contribution in [-0.4, -0.2) is 36.6 Å². The van der Waals surface area contributed by atoms with Crippen LogP contribution in [0.2, 0.25) is 0 Å². The van der Waals surface area contributed by atoms with Gasteiger partial charge in [-0.05, 0) is 32.1 Å². The second kappa shape index (κ2) is 7.05. The smallest absolute Gasteiger partial charge is 0.0586 e. The van der Waals surface area contributed by atoms with E-state index in [-0.39, 0.29) is 5.54 Å². The monoisotopic (exact) mass is 267 g/mol. The molecule has 0 aromatic rings. The summed E-state index contributed by atoms with van der Waals surface area (Å²) in [6, 6.07) is 0.496. The van der Waals surface area contributed by atoms with E-state index in [0.717, 1.165) is 12.8 Å². The van der Waals surface area contributed by atoms with Gasteiger partial charge in [-0.2, -0.15) is 0 Å². The molecule has 2 nitrogen and oxygen atoms in total. The van der Waals surface area contributed by atoms with Crippen molar-refractivity contribution in [3.05, 3.63) is 0 Å². The molecule has 2 atom stereocenters. The van der Waals surface area contributed by atoms with Gasteiger partial charge in [0, 0.05) is 30.5 Å². The number of hydrogen-bond acceptors (Lipinski definition) is 2. The molecule has 1 aliphatic rings. The molecule has 0 bridgehead atoms.